The van der Waals surface area contributed by atoms with Crippen LogP contribution in [-0.2, 0) is 0 Å². The molecule has 0 saturated carbocycles. The van der Waals surface area contributed by atoms with E-state index < -0.39 is 0 Å². The number of carbonyl (C=O) groups is 2. The molecule has 0 atom stereocenters. The van der Waals surface area contributed by atoms with Gasteiger partial charge in [-0.25, -0.2) is 0 Å². The number of carbonyl (C=O) groups excluding carboxylic acids is 2. The maximum absolute atomic E-state index is 11.2. The van der Waals surface area contributed by atoms with Crippen molar-refractivity contribution in [2.45, 2.75) is 6.92 Å². The van der Waals surface area contributed by atoms with Gasteiger partial charge in [-0.05, 0) is 19.1 Å². The summed E-state index contributed by atoms with van der Waals surface area (Å²) in [4.78, 5) is 21.9. The lowest BCUT2D eigenvalue weighted by molar-refractivity contribution is 0.101. The fourth-order valence-corrected chi connectivity index (χ4v) is 1.30. The van der Waals surface area contributed by atoms with Crippen LogP contribution in [0.1, 0.15) is 33.2 Å². The highest BCUT2D eigenvalue weighted by atomic mass is 16.5. The van der Waals surface area contributed by atoms with Crippen molar-refractivity contribution in [2.75, 3.05) is 7.11 Å². The third-order valence-corrected chi connectivity index (χ3v) is 2.01. The van der Waals surface area contributed by atoms with Crippen LogP contribution in [0.25, 0.3) is 0 Å². The monoisotopic (exact) mass is 203 g/mol. The first kappa shape index (κ1) is 10.9. The number of hydrogen-bond donors (Lipinski definition) is 0. The van der Waals surface area contributed by atoms with Crippen molar-refractivity contribution >= 4 is 12.1 Å². The number of aldehydes is 1. The molecule has 1 aromatic rings. The highest BCUT2D eigenvalue weighted by Gasteiger charge is 2.15. The average molecular weight is 203 g/mol. The van der Waals surface area contributed by atoms with Crippen molar-refractivity contribution in [1.82, 2.24) is 0 Å². The average Bonchev–Trinajstić information content (AvgIpc) is 2.26. The summed E-state index contributed by atoms with van der Waals surface area (Å²) < 4.78 is 4.97. The Labute approximate surface area is 87.1 Å². The normalized spacial score (nSPS) is 9.13. The van der Waals surface area contributed by atoms with E-state index in [0.29, 0.717) is 11.8 Å². The molecule has 0 unspecified atom stereocenters. The summed E-state index contributed by atoms with van der Waals surface area (Å²) in [6.45, 7) is 1.37. The lowest BCUT2D eigenvalue weighted by atomic mass is 10.0. The minimum absolute atomic E-state index is 0.0974. The zero-order valence-electron chi connectivity index (χ0n) is 8.40. The topological polar surface area (TPSA) is 67.2 Å². The Hall–Kier alpha value is -2.15. The SMILES string of the molecule is COc1c(C(C)=O)ccc(C=O)c1C#N. The van der Waals surface area contributed by atoms with Crippen LogP contribution in [-0.4, -0.2) is 19.2 Å². The van der Waals surface area contributed by atoms with Crippen LogP contribution in [0.4, 0.5) is 0 Å². The quantitative estimate of drug-likeness (QED) is 0.552. The van der Waals surface area contributed by atoms with Gasteiger partial charge in [0.2, 0.25) is 0 Å². The summed E-state index contributed by atoms with van der Waals surface area (Å²) in [7, 11) is 1.36. The first-order valence-electron chi connectivity index (χ1n) is 4.23. The molecular weight excluding hydrogens is 194 g/mol. The second-order valence-corrected chi connectivity index (χ2v) is 2.90. The standard InChI is InChI=1S/C11H9NO3/c1-7(14)9-4-3-8(6-13)10(5-12)11(9)15-2/h3-4,6H,1-2H3. The molecule has 0 aliphatic rings. The minimum atomic E-state index is -0.208. The molecule has 4 nitrogen and oxygen atoms in total. The van der Waals surface area contributed by atoms with E-state index in [1.54, 1.807) is 0 Å². The molecule has 15 heavy (non-hydrogen) atoms. The third kappa shape index (κ3) is 1.86. The lowest BCUT2D eigenvalue weighted by Gasteiger charge is -2.08. The van der Waals surface area contributed by atoms with Gasteiger partial charge in [0, 0.05) is 5.56 Å². The largest absolute Gasteiger partial charge is 0.495 e. The van der Waals surface area contributed by atoms with E-state index in [1.807, 2.05) is 6.07 Å². The number of ether oxygens (including phenoxy) is 1. The van der Waals surface area contributed by atoms with Crippen LogP contribution in [0.3, 0.4) is 0 Å². The maximum Gasteiger partial charge on any atom is 0.163 e. The molecule has 1 aromatic carbocycles. The number of hydrogen-bond acceptors (Lipinski definition) is 4. The summed E-state index contributed by atoms with van der Waals surface area (Å²) in [6.07, 6.45) is 0.561. The highest BCUT2D eigenvalue weighted by Crippen LogP contribution is 2.26. The fourth-order valence-electron chi connectivity index (χ4n) is 1.30. The van der Waals surface area contributed by atoms with E-state index in [4.69, 9.17) is 10.00 Å². The molecule has 76 valence electrons. The van der Waals surface area contributed by atoms with E-state index in [2.05, 4.69) is 0 Å². The fraction of sp³-hybridized carbons (Fsp3) is 0.182. The summed E-state index contributed by atoms with van der Waals surface area (Å²) >= 11 is 0. The molecule has 0 N–H and O–H groups in total. The van der Waals surface area contributed by atoms with Crippen LogP contribution in [0.2, 0.25) is 0 Å². The molecule has 0 bridgehead atoms. The van der Waals surface area contributed by atoms with Crippen molar-refractivity contribution in [1.29, 1.82) is 5.26 Å². The molecule has 0 radical (unpaired) electrons. The van der Waals surface area contributed by atoms with Crippen molar-refractivity contribution in [2.24, 2.45) is 0 Å². The highest BCUT2D eigenvalue weighted by molar-refractivity contribution is 5.99. The van der Waals surface area contributed by atoms with E-state index in [9.17, 15) is 9.59 Å². The Bertz CT molecular complexity index is 458. The second kappa shape index (κ2) is 4.38. The van der Waals surface area contributed by atoms with Crippen molar-refractivity contribution in [3.63, 3.8) is 0 Å². The third-order valence-electron chi connectivity index (χ3n) is 2.01. The van der Waals surface area contributed by atoms with E-state index >= 15 is 0 Å². The molecule has 0 aliphatic heterocycles. The molecule has 0 aromatic heterocycles. The maximum atomic E-state index is 11.2. The predicted molar refractivity (Wildman–Crippen MR) is 53.1 cm³/mol. The van der Waals surface area contributed by atoms with Gasteiger partial charge in [-0.2, -0.15) is 5.26 Å². The van der Waals surface area contributed by atoms with Crippen molar-refractivity contribution in [3.05, 3.63) is 28.8 Å². The van der Waals surface area contributed by atoms with Gasteiger partial charge in [-0.3, -0.25) is 9.59 Å². The summed E-state index contributed by atoms with van der Waals surface area (Å²) in [6, 6.07) is 4.77. The van der Waals surface area contributed by atoms with Crippen molar-refractivity contribution < 1.29 is 14.3 Å². The van der Waals surface area contributed by atoms with Gasteiger partial charge in [-0.15, -0.1) is 0 Å². The number of nitrogens with zero attached hydrogens (tertiary/aromatic N) is 1. The van der Waals surface area contributed by atoms with Gasteiger partial charge < -0.3 is 4.74 Å². The van der Waals surface area contributed by atoms with Gasteiger partial charge in [0.25, 0.3) is 0 Å². The molecule has 1 rings (SSSR count). The van der Waals surface area contributed by atoms with Gasteiger partial charge >= 0.3 is 0 Å². The Balaban J connectivity index is 3.56. The van der Waals surface area contributed by atoms with Gasteiger partial charge in [0.05, 0.1) is 12.7 Å². The number of methoxy groups -OCH3 is 1. The first-order chi connectivity index (χ1) is 7.15. The number of nitriles is 1. The van der Waals surface area contributed by atoms with E-state index in [0.717, 1.165) is 0 Å². The number of ketones is 1. The summed E-state index contributed by atoms with van der Waals surface area (Å²) in [5.41, 5.74) is 0.624. The molecule has 0 spiro atoms. The predicted octanol–water partition coefficient (Wildman–Crippen LogP) is 1.58. The second-order valence-electron chi connectivity index (χ2n) is 2.90. The summed E-state index contributed by atoms with van der Waals surface area (Å²) in [5, 5.41) is 8.87. The van der Waals surface area contributed by atoms with E-state index in [1.165, 1.54) is 26.2 Å². The molecule has 0 aliphatic carbocycles. The molecule has 0 saturated heterocycles. The molecule has 0 heterocycles. The van der Waals surface area contributed by atoms with Crippen LogP contribution < -0.4 is 4.74 Å². The Kier molecular flexibility index (Phi) is 3.19. The van der Waals surface area contributed by atoms with Gasteiger partial charge in [0.1, 0.15) is 17.4 Å². The van der Waals surface area contributed by atoms with Crippen LogP contribution in [0.5, 0.6) is 5.75 Å². The van der Waals surface area contributed by atoms with Crippen LogP contribution in [0, 0.1) is 11.3 Å². The van der Waals surface area contributed by atoms with Gasteiger partial charge in [-0.1, -0.05) is 0 Å². The summed E-state index contributed by atoms with van der Waals surface area (Å²) in [5.74, 6) is -0.0459. The number of benzene rings is 1. The van der Waals surface area contributed by atoms with E-state index in [-0.39, 0.29) is 22.7 Å². The smallest absolute Gasteiger partial charge is 0.163 e. The Morgan fingerprint density at radius 3 is 2.60 bits per heavy atom. The zero-order chi connectivity index (χ0) is 11.4. The zero-order valence-corrected chi connectivity index (χ0v) is 8.40. The first-order valence-corrected chi connectivity index (χ1v) is 4.23. The minimum Gasteiger partial charge on any atom is -0.495 e. The number of Topliss-reactive ketones (excluding diaryl/α,β-unsaturated/α-hetero) is 1. The molecule has 0 amide bonds. The lowest BCUT2D eigenvalue weighted by Crippen LogP contribution is -2.02. The Morgan fingerprint density at radius 2 is 2.20 bits per heavy atom. The van der Waals surface area contributed by atoms with Crippen LogP contribution >= 0.6 is 0 Å². The Morgan fingerprint density at radius 1 is 1.53 bits per heavy atom. The molecule has 4 heteroatoms. The number of rotatable bonds is 3. The molecule has 0 fully saturated rings. The van der Waals surface area contributed by atoms with Crippen molar-refractivity contribution in [3.8, 4) is 11.8 Å². The molecular formula is C11H9NO3. The van der Waals surface area contributed by atoms with Crippen LogP contribution in [0.15, 0.2) is 12.1 Å². The van der Waals surface area contributed by atoms with Gasteiger partial charge in [0.15, 0.2) is 12.1 Å².